The number of anilines is 1. The number of benzene rings is 1. The predicted octanol–water partition coefficient (Wildman–Crippen LogP) is 1.02. The molecule has 0 saturated carbocycles. The maximum atomic E-state index is 10.6. The molecular weight excluding hydrogens is 164 g/mol. The van der Waals surface area contributed by atoms with Gasteiger partial charge in [-0.3, -0.25) is 4.79 Å². The van der Waals surface area contributed by atoms with Crippen molar-refractivity contribution in [3.8, 4) is 0 Å². The molecule has 0 aromatic heterocycles. The van der Waals surface area contributed by atoms with E-state index in [2.05, 4.69) is 0 Å². The lowest BCUT2D eigenvalue weighted by Gasteiger charge is -1.98. The van der Waals surface area contributed by atoms with Crippen molar-refractivity contribution in [2.45, 2.75) is 0 Å². The summed E-state index contributed by atoms with van der Waals surface area (Å²) in [6, 6.07) is 4.52. The third kappa shape index (κ3) is 1.62. The smallest absolute Gasteiger partial charge is 0.248 e. The molecule has 0 aliphatic carbocycles. The molecule has 1 aromatic carbocycles. The summed E-state index contributed by atoms with van der Waals surface area (Å²) in [4.78, 5) is 10.6. The van der Waals surface area contributed by atoms with Gasteiger partial charge in [0, 0.05) is 5.56 Å². The number of primary amides is 1. The van der Waals surface area contributed by atoms with Gasteiger partial charge in [0.25, 0.3) is 0 Å². The van der Waals surface area contributed by atoms with Crippen LogP contribution in [0.25, 0.3) is 0 Å². The van der Waals surface area contributed by atoms with E-state index in [4.69, 9.17) is 23.1 Å². The SMILES string of the molecule is NC(=O)c1ccc(N)c(Cl)c1. The van der Waals surface area contributed by atoms with E-state index in [1.54, 1.807) is 6.07 Å². The Balaban J connectivity index is 3.15. The van der Waals surface area contributed by atoms with Gasteiger partial charge in [-0.1, -0.05) is 11.6 Å². The topological polar surface area (TPSA) is 69.1 Å². The minimum Gasteiger partial charge on any atom is -0.398 e. The van der Waals surface area contributed by atoms with Crippen LogP contribution in [0.15, 0.2) is 18.2 Å². The van der Waals surface area contributed by atoms with Gasteiger partial charge in [-0.2, -0.15) is 0 Å². The van der Waals surface area contributed by atoms with Gasteiger partial charge in [0.1, 0.15) is 0 Å². The molecule has 0 aliphatic heterocycles. The van der Waals surface area contributed by atoms with Crippen molar-refractivity contribution in [1.29, 1.82) is 0 Å². The Hall–Kier alpha value is -1.22. The highest BCUT2D eigenvalue weighted by atomic mass is 35.5. The fraction of sp³-hybridized carbons (Fsp3) is 0. The summed E-state index contributed by atoms with van der Waals surface area (Å²) in [6.45, 7) is 0. The van der Waals surface area contributed by atoms with E-state index in [0.29, 0.717) is 16.3 Å². The number of halogens is 1. The molecular formula is C7H7ClN2O. The number of amides is 1. The zero-order chi connectivity index (χ0) is 8.43. The molecule has 0 bridgehead atoms. The van der Waals surface area contributed by atoms with Gasteiger partial charge in [0.05, 0.1) is 10.7 Å². The van der Waals surface area contributed by atoms with Crippen LogP contribution in [0.4, 0.5) is 5.69 Å². The van der Waals surface area contributed by atoms with Crippen LogP contribution in [0.2, 0.25) is 5.02 Å². The minimum atomic E-state index is -0.508. The molecule has 0 radical (unpaired) electrons. The lowest BCUT2D eigenvalue weighted by atomic mass is 10.2. The summed E-state index contributed by atoms with van der Waals surface area (Å²) in [5, 5.41) is 0.348. The van der Waals surface area contributed by atoms with E-state index in [9.17, 15) is 4.79 Å². The summed E-state index contributed by atoms with van der Waals surface area (Å²) in [5.74, 6) is -0.508. The molecule has 0 saturated heterocycles. The highest BCUT2D eigenvalue weighted by Crippen LogP contribution is 2.18. The zero-order valence-electron chi connectivity index (χ0n) is 5.67. The second-order valence-electron chi connectivity index (χ2n) is 2.10. The van der Waals surface area contributed by atoms with Gasteiger partial charge in [-0.15, -0.1) is 0 Å². The first-order chi connectivity index (χ1) is 5.11. The Morgan fingerprint density at radius 2 is 2.09 bits per heavy atom. The molecule has 3 nitrogen and oxygen atoms in total. The lowest BCUT2D eigenvalue weighted by Crippen LogP contribution is -2.10. The van der Waals surface area contributed by atoms with Crippen molar-refractivity contribution in [2.75, 3.05) is 5.73 Å². The molecule has 0 spiro atoms. The average Bonchev–Trinajstić information content (AvgIpc) is 1.94. The number of hydrogen-bond donors (Lipinski definition) is 2. The van der Waals surface area contributed by atoms with Crippen LogP contribution in [0, 0.1) is 0 Å². The van der Waals surface area contributed by atoms with Crippen molar-refractivity contribution in [3.05, 3.63) is 28.8 Å². The molecule has 0 atom stereocenters. The highest BCUT2D eigenvalue weighted by Gasteiger charge is 2.01. The number of hydrogen-bond acceptors (Lipinski definition) is 2. The molecule has 4 heteroatoms. The Bertz CT molecular complexity index is 298. The van der Waals surface area contributed by atoms with Crippen LogP contribution < -0.4 is 11.5 Å². The van der Waals surface area contributed by atoms with E-state index < -0.39 is 5.91 Å². The zero-order valence-corrected chi connectivity index (χ0v) is 6.43. The number of nitrogens with two attached hydrogens (primary N) is 2. The number of carbonyl (C=O) groups excluding carboxylic acids is 1. The van der Waals surface area contributed by atoms with Gasteiger partial charge in [-0.05, 0) is 18.2 Å². The van der Waals surface area contributed by atoms with Crippen molar-refractivity contribution >= 4 is 23.2 Å². The van der Waals surface area contributed by atoms with E-state index in [1.165, 1.54) is 12.1 Å². The van der Waals surface area contributed by atoms with Crippen LogP contribution in [0.3, 0.4) is 0 Å². The molecule has 1 amide bonds. The van der Waals surface area contributed by atoms with Gasteiger partial charge in [0.15, 0.2) is 0 Å². The first-order valence-corrected chi connectivity index (χ1v) is 3.34. The lowest BCUT2D eigenvalue weighted by molar-refractivity contribution is 0.100. The van der Waals surface area contributed by atoms with Crippen molar-refractivity contribution < 1.29 is 4.79 Å². The number of carbonyl (C=O) groups is 1. The van der Waals surface area contributed by atoms with Gasteiger partial charge >= 0.3 is 0 Å². The van der Waals surface area contributed by atoms with Gasteiger partial charge in [0.2, 0.25) is 5.91 Å². The first kappa shape index (κ1) is 7.88. The Labute approximate surface area is 68.9 Å². The summed E-state index contributed by atoms with van der Waals surface area (Å²) in [5.41, 5.74) is 11.2. The van der Waals surface area contributed by atoms with E-state index in [1.807, 2.05) is 0 Å². The highest BCUT2D eigenvalue weighted by molar-refractivity contribution is 6.33. The molecule has 0 aliphatic rings. The summed E-state index contributed by atoms with van der Waals surface area (Å²) in [6.07, 6.45) is 0. The van der Waals surface area contributed by atoms with Crippen molar-refractivity contribution in [2.24, 2.45) is 5.73 Å². The summed E-state index contributed by atoms with van der Waals surface area (Å²) < 4.78 is 0. The third-order valence-corrected chi connectivity index (χ3v) is 1.61. The molecule has 0 heterocycles. The molecule has 0 unspecified atom stereocenters. The van der Waals surface area contributed by atoms with Crippen molar-refractivity contribution in [3.63, 3.8) is 0 Å². The van der Waals surface area contributed by atoms with E-state index in [0.717, 1.165) is 0 Å². The molecule has 1 aromatic rings. The summed E-state index contributed by atoms with van der Waals surface area (Å²) >= 11 is 5.63. The second kappa shape index (κ2) is 2.80. The van der Waals surface area contributed by atoms with E-state index >= 15 is 0 Å². The molecule has 1 rings (SSSR count). The van der Waals surface area contributed by atoms with Crippen LogP contribution in [-0.2, 0) is 0 Å². The van der Waals surface area contributed by atoms with Crippen LogP contribution in [0.1, 0.15) is 10.4 Å². The fourth-order valence-corrected chi connectivity index (χ4v) is 0.861. The monoisotopic (exact) mass is 170 g/mol. The van der Waals surface area contributed by atoms with Crippen LogP contribution in [-0.4, -0.2) is 5.91 Å². The Morgan fingerprint density at radius 3 is 2.55 bits per heavy atom. The molecule has 0 fully saturated rings. The van der Waals surface area contributed by atoms with Crippen molar-refractivity contribution in [1.82, 2.24) is 0 Å². The first-order valence-electron chi connectivity index (χ1n) is 2.96. The number of nitrogen functional groups attached to an aromatic ring is 1. The standard InChI is InChI=1S/C7H7ClN2O/c8-5-3-4(7(10)11)1-2-6(5)9/h1-3H,9H2,(H2,10,11). The molecule has 4 N–H and O–H groups in total. The molecule has 11 heavy (non-hydrogen) atoms. The minimum absolute atomic E-state index is 0.348. The maximum Gasteiger partial charge on any atom is 0.248 e. The van der Waals surface area contributed by atoms with Crippen LogP contribution >= 0.6 is 11.6 Å². The maximum absolute atomic E-state index is 10.6. The second-order valence-corrected chi connectivity index (χ2v) is 2.51. The van der Waals surface area contributed by atoms with E-state index in [-0.39, 0.29) is 0 Å². The average molecular weight is 171 g/mol. The van der Waals surface area contributed by atoms with Gasteiger partial charge < -0.3 is 11.5 Å². The Kier molecular flexibility index (Phi) is 2.01. The number of rotatable bonds is 1. The molecule has 58 valence electrons. The Morgan fingerprint density at radius 1 is 1.45 bits per heavy atom. The predicted molar refractivity (Wildman–Crippen MR) is 44.4 cm³/mol. The normalized spacial score (nSPS) is 9.55. The quantitative estimate of drug-likeness (QED) is 0.618. The van der Waals surface area contributed by atoms with Crippen LogP contribution in [0.5, 0.6) is 0 Å². The fourth-order valence-electron chi connectivity index (χ4n) is 0.680. The summed E-state index contributed by atoms with van der Waals surface area (Å²) in [7, 11) is 0. The third-order valence-electron chi connectivity index (χ3n) is 1.28. The largest absolute Gasteiger partial charge is 0.398 e. The van der Waals surface area contributed by atoms with Gasteiger partial charge in [-0.25, -0.2) is 0 Å².